The summed E-state index contributed by atoms with van der Waals surface area (Å²) >= 11 is 0. The maximum atomic E-state index is 13.1. The Balaban J connectivity index is 1.37. The van der Waals surface area contributed by atoms with E-state index in [4.69, 9.17) is 9.84 Å². The first-order chi connectivity index (χ1) is 19.2. The Kier molecular flexibility index (Phi) is 8.77. The molecule has 0 atom stereocenters. The Hall–Kier alpha value is -3.85. The lowest BCUT2D eigenvalue weighted by Gasteiger charge is -2.35. The minimum Gasteiger partial charge on any atom is -0.444 e. The molecule has 9 nitrogen and oxygen atoms in total. The van der Waals surface area contributed by atoms with Gasteiger partial charge in [0, 0.05) is 49.9 Å². The van der Waals surface area contributed by atoms with E-state index in [9.17, 15) is 9.59 Å². The molecule has 1 aliphatic rings. The van der Waals surface area contributed by atoms with E-state index in [-0.39, 0.29) is 17.5 Å². The maximum absolute atomic E-state index is 13.1. The normalized spacial score (nSPS) is 14.6. The van der Waals surface area contributed by atoms with Crippen LogP contribution in [0.15, 0.2) is 48.5 Å². The second kappa shape index (κ2) is 11.9. The summed E-state index contributed by atoms with van der Waals surface area (Å²) in [6.07, 6.45) is -0.252. The van der Waals surface area contributed by atoms with Gasteiger partial charge in [0.05, 0.1) is 11.4 Å². The number of ether oxygens (including phenoxy) is 1. The summed E-state index contributed by atoms with van der Waals surface area (Å²) in [5.74, 6) is 0.607. The van der Waals surface area contributed by atoms with E-state index < -0.39 is 5.60 Å². The predicted molar refractivity (Wildman–Crippen MR) is 164 cm³/mol. The topological polar surface area (TPSA) is 91.7 Å². The number of carbonyl (C=O) groups excluding carboxylic acids is 2. The quantitative estimate of drug-likeness (QED) is 0.373. The lowest BCUT2D eigenvalue weighted by Crippen LogP contribution is -2.49. The SMILES string of the molecule is Cc1ccc(-n2nc(C(C)(C)C)cc2NC(=O)Nc2ccc(CN3CCN(C(=O)OC(C)(C)C)CC3)cc2C)cc1. The molecule has 0 aliphatic carbocycles. The molecule has 0 unspecified atom stereocenters. The third-order valence-corrected chi connectivity index (χ3v) is 6.97. The number of hydrogen-bond acceptors (Lipinski definition) is 5. The second-order valence-electron chi connectivity index (χ2n) is 12.9. The fourth-order valence-corrected chi connectivity index (χ4v) is 4.63. The Bertz CT molecular complexity index is 1370. The Morgan fingerprint density at radius 3 is 2.12 bits per heavy atom. The van der Waals surface area contributed by atoms with Crippen molar-refractivity contribution >= 4 is 23.6 Å². The van der Waals surface area contributed by atoms with Crippen molar-refractivity contribution in [3.63, 3.8) is 0 Å². The number of rotatable bonds is 5. The molecule has 1 saturated heterocycles. The van der Waals surface area contributed by atoms with Gasteiger partial charge in [-0.05, 0) is 63.9 Å². The molecule has 3 amide bonds. The van der Waals surface area contributed by atoms with Crippen LogP contribution in [0.2, 0.25) is 0 Å². The highest BCUT2D eigenvalue weighted by molar-refractivity contribution is 6.00. The summed E-state index contributed by atoms with van der Waals surface area (Å²) in [6.45, 7) is 19.6. The summed E-state index contributed by atoms with van der Waals surface area (Å²) in [7, 11) is 0. The number of urea groups is 1. The van der Waals surface area contributed by atoms with Gasteiger partial charge in [0.2, 0.25) is 0 Å². The van der Waals surface area contributed by atoms with Crippen LogP contribution in [0.3, 0.4) is 0 Å². The van der Waals surface area contributed by atoms with Crippen LogP contribution in [0.4, 0.5) is 21.1 Å². The first-order valence-electron chi connectivity index (χ1n) is 14.2. The zero-order valence-electron chi connectivity index (χ0n) is 25.7. The van der Waals surface area contributed by atoms with Crippen LogP contribution in [0.1, 0.15) is 63.9 Å². The fraction of sp³-hybridized carbons (Fsp3) is 0.469. The molecule has 2 heterocycles. The lowest BCUT2D eigenvalue weighted by atomic mass is 9.92. The zero-order valence-corrected chi connectivity index (χ0v) is 25.7. The minimum atomic E-state index is -0.490. The molecule has 0 radical (unpaired) electrons. The van der Waals surface area contributed by atoms with Gasteiger partial charge in [-0.25, -0.2) is 14.3 Å². The summed E-state index contributed by atoms with van der Waals surface area (Å²) in [6, 6.07) is 15.7. The van der Waals surface area contributed by atoms with Crippen LogP contribution in [-0.2, 0) is 16.7 Å². The maximum Gasteiger partial charge on any atom is 0.410 e. The molecule has 1 aromatic heterocycles. The number of nitrogens with one attached hydrogen (secondary N) is 2. The smallest absolute Gasteiger partial charge is 0.410 e. The average Bonchev–Trinajstić information content (AvgIpc) is 3.30. The van der Waals surface area contributed by atoms with Gasteiger partial charge in [-0.15, -0.1) is 0 Å². The molecule has 4 rings (SSSR count). The highest BCUT2D eigenvalue weighted by Crippen LogP contribution is 2.27. The predicted octanol–water partition coefficient (Wildman–Crippen LogP) is 6.48. The van der Waals surface area contributed by atoms with Crippen LogP contribution < -0.4 is 10.6 Å². The molecular weight excluding hydrogens is 516 g/mol. The van der Waals surface area contributed by atoms with Crippen LogP contribution in [0.25, 0.3) is 5.69 Å². The fourth-order valence-electron chi connectivity index (χ4n) is 4.63. The monoisotopic (exact) mass is 560 g/mol. The molecular formula is C32H44N6O3. The van der Waals surface area contributed by atoms with Crippen LogP contribution in [0.5, 0.6) is 0 Å². The molecule has 3 aromatic rings. The number of carbonyl (C=O) groups is 2. The Morgan fingerprint density at radius 1 is 0.878 bits per heavy atom. The number of nitrogens with zero attached hydrogens (tertiary/aromatic N) is 4. The molecule has 41 heavy (non-hydrogen) atoms. The summed E-state index contributed by atoms with van der Waals surface area (Å²) in [4.78, 5) is 29.5. The van der Waals surface area contributed by atoms with Crippen molar-refractivity contribution in [3.8, 4) is 5.69 Å². The third-order valence-electron chi connectivity index (χ3n) is 6.97. The van der Waals surface area contributed by atoms with E-state index in [0.717, 1.165) is 53.4 Å². The number of aryl methyl sites for hydroxylation is 2. The molecule has 2 aromatic carbocycles. The van der Waals surface area contributed by atoms with E-state index in [1.54, 1.807) is 9.58 Å². The van der Waals surface area contributed by atoms with Gasteiger partial charge < -0.3 is 15.0 Å². The van der Waals surface area contributed by atoms with E-state index in [2.05, 4.69) is 42.4 Å². The summed E-state index contributed by atoms with van der Waals surface area (Å²) in [5.41, 5.74) is 5.16. The molecule has 1 fully saturated rings. The van der Waals surface area contributed by atoms with Crippen molar-refractivity contribution in [3.05, 3.63) is 70.9 Å². The number of amides is 3. The van der Waals surface area contributed by atoms with E-state index in [1.807, 2.05) is 77.1 Å². The van der Waals surface area contributed by atoms with Crippen LogP contribution in [-0.4, -0.2) is 63.5 Å². The largest absolute Gasteiger partial charge is 0.444 e. The Labute approximate surface area is 243 Å². The van der Waals surface area contributed by atoms with Crippen molar-refractivity contribution in [2.45, 2.75) is 73.0 Å². The number of anilines is 2. The molecule has 0 spiro atoms. The van der Waals surface area contributed by atoms with Crippen LogP contribution in [0, 0.1) is 13.8 Å². The van der Waals surface area contributed by atoms with Gasteiger partial charge in [-0.2, -0.15) is 5.10 Å². The number of aromatic nitrogens is 2. The van der Waals surface area contributed by atoms with E-state index >= 15 is 0 Å². The van der Waals surface area contributed by atoms with Crippen molar-refractivity contribution in [2.24, 2.45) is 0 Å². The molecule has 220 valence electrons. The van der Waals surface area contributed by atoms with Gasteiger partial charge in [-0.3, -0.25) is 10.2 Å². The number of hydrogen-bond donors (Lipinski definition) is 2. The van der Waals surface area contributed by atoms with Crippen LogP contribution >= 0.6 is 0 Å². The highest BCUT2D eigenvalue weighted by Gasteiger charge is 2.26. The molecule has 0 saturated carbocycles. The van der Waals surface area contributed by atoms with Crippen molar-refractivity contribution < 1.29 is 14.3 Å². The standard InChI is InChI=1S/C32H44N6O3/c1-22-9-12-25(13-10-22)38-28(20-27(35-38)31(3,4)5)34-29(39)33-26-14-11-24(19-23(26)2)21-36-15-17-37(18-16-36)30(40)41-32(6,7)8/h9-14,19-20H,15-18,21H2,1-8H3,(H2,33,34,39). The third kappa shape index (κ3) is 8.10. The van der Waals surface area contributed by atoms with Gasteiger partial charge in [-0.1, -0.05) is 50.6 Å². The molecule has 2 N–H and O–H groups in total. The average molecular weight is 561 g/mol. The van der Waals surface area contributed by atoms with Gasteiger partial charge >= 0.3 is 12.1 Å². The first-order valence-corrected chi connectivity index (χ1v) is 14.2. The zero-order chi connectivity index (χ0) is 29.9. The Morgan fingerprint density at radius 2 is 1.54 bits per heavy atom. The first kappa shape index (κ1) is 30.1. The van der Waals surface area contributed by atoms with Gasteiger partial charge in [0.15, 0.2) is 0 Å². The second-order valence-corrected chi connectivity index (χ2v) is 12.9. The van der Waals surface area contributed by atoms with Crippen molar-refractivity contribution in [1.29, 1.82) is 0 Å². The molecule has 1 aliphatic heterocycles. The molecule has 0 bridgehead atoms. The van der Waals surface area contributed by atoms with E-state index in [1.165, 1.54) is 0 Å². The van der Waals surface area contributed by atoms with Crippen molar-refractivity contribution in [1.82, 2.24) is 19.6 Å². The lowest BCUT2D eigenvalue weighted by molar-refractivity contribution is 0.0139. The van der Waals surface area contributed by atoms with Crippen molar-refractivity contribution in [2.75, 3.05) is 36.8 Å². The number of piperazine rings is 1. The number of benzene rings is 2. The summed E-state index contributed by atoms with van der Waals surface area (Å²) in [5, 5.41) is 10.8. The van der Waals surface area contributed by atoms with E-state index in [0.29, 0.717) is 18.9 Å². The van der Waals surface area contributed by atoms with Gasteiger partial charge in [0.25, 0.3) is 0 Å². The highest BCUT2D eigenvalue weighted by atomic mass is 16.6. The van der Waals surface area contributed by atoms with Gasteiger partial charge in [0.1, 0.15) is 11.4 Å². The summed E-state index contributed by atoms with van der Waals surface area (Å²) < 4.78 is 7.28. The molecule has 9 heteroatoms. The minimum absolute atomic E-state index is 0.169.